The third-order valence-electron chi connectivity index (χ3n) is 4.22. The van der Waals surface area contributed by atoms with Crippen molar-refractivity contribution in [1.29, 1.82) is 0 Å². The Balaban J connectivity index is 3.12. The van der Waals surface area contributed by atoms with Crippen molar-refractivity contribution in [2.45, 2.75) is 64.4 Å². The molecule has 0 spiro atoms. The molecule has 12 heteroatoms. The smallest absolute Gasteiger partial charge is 0.411 e. The minimum atomic E-state index is -1.11. The Kier molecular flexibility index (Phi) is 9.34. The average Bonchev–Trinajstić information content (AvgIpc) is 2.65. The quantitative estimate of drug-likeness (QED) is 0.174. The van der Waals surface area contributed by atoms with Crippen LogP contribution in [0.4, 0.5) is 4.79 Å². The zero-order chi connectivity index (χ0) is 23.8. The third kappa shape index (κ3) is 8.97. The highest BCUT2D eigenvalue weighted by molar-refractivity contribution is 5.86. The summed E-state index contributed by atoms with van der Waals surface area (Å²) in [6.07, 6.45) is -0.763. The maximum absolute atomic E-state index is 12.8. The lowest BCUT2D eigenvalue weighted by atomic mass is 10.0. The van der Waals surface area contributed by atoms with E-state index in [1.807, 2.05) is 0 Å². The molecule has 1 rings (SSSR count). The molecule has 0 aliphatic heterocycles. The van der Waals surface area contributed by atoms with Crippen molar-refractivity contribution in [1.82, 2.24) is 4.90 Å². The summed E-state index contributed by atoms with van der Waals surface area (Å²) in [7, 11) is 0. The fraction of sp³-hybridized carbons (Fsp3) is 0.526. The summed E-state index contributed by atoms with van der Waals surface area (Å²) in [5.74, 6) is -1.20. The molecule has 0 aromatic heterocycles. The highest BCUT2D eigenvalue weighted by Crippen LogP contribution is 2.19. The number of rotatable bonds is 10. The first-order valence-electron chi connectivity index (χ1n) is 9.55. The second-order valence-corrected chi connectivity index (χ2v) is 7.95. The highest BCUT2D eigenvalue weighted by Gasteiger charge is 2.32. The topological polar surface area (TPSA) is 200 Å². The van der Waals surface area contributed by atoms with Gasteiger partial charge >= 0.3 is 6.09 Å². The van der Waals surface area contributed by atoms with Gasteiger partial charge in [0.2, 0.25) is 5.91 Å². The van der Waals surface area contributed by atoms with Gasteiger partial charge in [-0.25, -0.2) is 14.9 Å². The SMILES string of the molecule is CC(C)(C)OC(=O)N(Cc1ccc(CO)cc1)[C@@H](CCC(N)C(N)=N[N+](=O)[O-])C(N)=O. The monoisotopic (exact) mass is 438 g/mol. The number of aliphatic hydroxyl groups is 1. The molecule has 12 nitrogen and oxygen atoms in total. The van der Waals surface area contributed by atoms with Gasteiger partial charge in [0.15, 0.2) is 10.9 Å². The first-order chi connectivity index (χ1) is 14.3. The van der Waals surface area contributed by atoms with Crippen LogP contribution in [-0.4, -0.2) is 50.6 Å². The van der Waals surface area contributed by atoms with Crippen molar-refractivity contribution in [2.24, 2.45) is 22.3 Å². The van der Waals surface area contributed by atoms with Crippen LogP contribution < -0.4 is 17.2 Å². The van der Waals surface area contributed by atoms with E-state index in [4.69, 9.17) is 21.9 Å². The van der Waals surface area contributed by atoms with E-state index in [1.54, 1.807) is 45.0 Å². The molecule has 2 amide bonds. The van der Waals surface area contributed by atoms with Crippen LogP contribution in [0.2, 0.25) is 0 Å². The minimum absolute atomic E-state index is 0.00192. The predicted molar refractivity (Wildman–Crippen MR) is 113 cm³/mol. The molecule has 172 valence electrons. The molecular weight excluding hydrogens is 408 g/mol. The molecule has 7 N–H and O–H groups in total. The second-order valence-electron chi connectivity index (χ2n) is 7.95. The first kappa shape index (κ1) is 25.8. The van der Waals surface area contributed by atoms with Crippen molar-refractivity contribution in [3.8, 4) is 0 Å². The number of ether oxygens (including phenoxy) is 1. The van der Waals surface area contributed by atoms with E-state index in [2.05, 4.69) is 5.10 Å². The second kappa shape index (κ2) is 11.2. The number of nitrogens with two attached hydrogens (primary N) is 3. The molecule has 0 saturated carbocycles. The zero-order valence-electron chi connectivity index (χ0n) is 17.9. The Labute approximate surface area is 180 Å². The number of benzene rings is 1. The normalized spacial score (nSPS) is 13.9. The van der Waals surface area contributed by atoms with Gasteiger partial charge in [-0.15, -0.1) is 0 Å². The van der Waals surface area contributed by atoms with Crippen molar-refractivity contribution < 1.29 is 24.5 Å². The summed E-state index contributed by atoms with van der Waals surface area (Å²) < 4.78 is 5.43. The van der Waals surface area contributed by atoms with Crippen molar-refractivity contribution >= 4 is 17.8 Å². The van der Waals surface area contributed by atoms with Crippen LogP contribution in [0.15, 0.2) is 29.4 Å². The van der Waals surface area contributed by atoms with E-state index in [0.29, 0.717) is 11.1 Å². The van der Waals surface area contributed by atoms with E-state index >= 15 is 0 Å². The molecule has 1 aromatic rings. The first-order valence-corrected chi connectivity index (χ1v) is 9.55. The van der Waals surface area contributed by atoms with Crippen LogP contribution >= 0.6 is 0 Å². The number of hydrazone groups is 1. The number of carbonyl (C=O) groups excluding carboxylic acids is 2. The standard InChI is InChI=1S/C19H30N6O6/c1-19(2,3)31-18(28)24(10-12-4-6-13(11-26)7-5-12)15(17(22)27)9-8-14(20)16(21)23-25(29)30/h4-7,14-15,26H,8-11,20H2,1-3H3,(H2,21,23)(H2,22,27)/t14?,15-/m0/s1. The predicted octanol–water partition coefficient (Wildman–Crippen LogP) is 0.426. The van der Waals surface area contributed by atoms with E-state index in [0.717, 1.165) is 0 Å². The molecule has 1 unspecified atom stereocenters. The van der Waals surface area contributed by atoms with Gasteiger partial charge in [-0.3, -0.25) is 9.69 Å². The summed E-state index contributed by atoms with van der Waals surface area (Å²) in [6, 6.07) is 4.67. The molecule has 2 atom stereocenters. The maximum Gasteiger partial charge on any atom is 0.411 e. The Morgan fingerprint density at radius 2 is 1.74 bits per heavy atom. The lowest BCUT2D eigenvalue weighted by molar-refractivity contribution is -0.485. The summed E-state index contributed by atoms with van der Waals surface area (Å²) in [5, 5.41) is 21.6. The lowest BCUT2D eigenvalue weighted by Crippen LogP contribution is -2.50. The van der Waals surface area contributed by atoms with Gasteiger partial charge in [0.1, 0.15) is 11.6 Å². The van der Waals surface area contributed by atoms with Gasteiger partial charge in [-0.05, 0) is 44.7 Å². The van der Waals surface area contributed by atoms with Crippen LogP contribution in [0, 0.1) is 10.1 Å². The Morgan fingerprint density at radius 3 is 2.19 bits per heavy atom. The van der Waals surface area contributed by atoms with Crippen LogP contribution in [-0.2, 0) is 22.7 Å². The zero-order valence-corrected chi connectivity index (χ0v) is 17.9. The molecule has 1 aromatic carbocycles. The number of carbonyl (C=O) groups is 2. The average molecular weight is 438 g/mol. The molecule has 0 bridgehead atoms. The molecule has 0 aliphatic carbocycles. The Bertz CT molecular complexity index is 805. The van der Waals surface area contributed by atoms with Crippen molar-refractivity contribution in [3.05, 3.63) is 45.5 Å². The molecule has 0 heterocycles. The number of hydrogen-bond acceptors (Lipinski definition) is 7. The molecule has 0 aliphatic rings. The van der Waals surface area contributed by atoms with E-state index in [9.17, 15) is 24.8 Å². The van der Waals surface area contributed by atoms with E-state index in [-0.39, 0.29) is 26.0 Å². The highest BCUT2D eigenvalue weighted by atomic mass is 16.7. The summed E-state index contributed by atoms with van der Waals surface area (Å²) in [5.41, 5.74) is 17.4. The number of hydrogen-bond donors (Lipinski definition) is 4. The number of primary amides is 1. The third-order valence-corrected chi connectivity index (χ3v) is 4.22. The lowest BCUT2D eigenvalue weighted by Gasteiger charge is -2.32. The van der Waals surface area contributed by atoms with Gasteiger partial charge in [-0.2, -0.15) is 0 Å². The minimum Gasteiger partial charge on any atom is -0.444 e. The number of nitro groups is 1. The van der Waals surface area contributed by atoms with E-state index in [1.165, 1.54) is 4.90 Å². The number of amidine groups is 1. The molecule has 0 radical (unpaired) electrons. The molecule has 0 saturated heterocycles. The van der Waals surface area contributed by atoms with Gasteiger partial charge in [0, 0.05) is 6.54 Å². The maximum atomic E-state index is 12.8. The largest absolute Gasteiger partial charge is 0.444 e. The van der Waals surface area contributed by atoms with Crippen molar-refractivity contribution in [2.75, 3.05) is 0 Å². The van der Waals surface area contributed by atoms with Crippen molar-refractivity contribution in [3.63, 3.8) is 0 Å². The number of aliphatic hydroxyl groups excluding tert-OH is 1. The van der Waals surface area contributed by atoms with Gasteiger partial charge in [0.25, 0.3) is 0 Å². The molecular formula is C19H30N6O6. The summed E-state index contributed by atoms with van der Waals surface area (Å²) in [4.78, 5) is 36.7. The van der Waals surface area contributed by atoms with Gasteiger partial charge in [0.05, 0.1) is 17.8 Å². The van der Waals surface area contributed by atoms with Crippen LogP contribution in [0.5, 0.6) is 0 Å². The Hall–Kier alpha value is -3.25. The van der Waals surface area contributed by atoms with Gasteiger partial charge in [-0.1, -0.05) is 24.3 Å². The summed E-state index contributed by atoms with van der Waals surface area (Å²) in [6.45, 7) is 4.92. The molecule has 31 heavy (non-hydrogen) atoms. The fourth-order valence-electron chi connectivity index (χ4n) is 2.67. The Morgan fingerprint density at radius 1 is 1.19 bits per heavy atom. The fourth-order valence-corrected chi connectivity index (χ4v) is 2.67. The molecule has 0 fully saturated rings. The number of amides is 2. The van der Waals surface area contributed by atoms with Gasteiger partial charge < -0.3 is 27.0 Å². The van der Waals surface area contributed by atoms with E-state index < -0.39 is 40.6 Å². The van der Waals surface area contributed by atoms with Crippen LogP contribution in [0.3, 0.4) is 0 Å². The number of nitrogens with zero attached hydrogens (tertiary/aromatic N) is 3. The van der Waals surface area contributed by atoms with Crippen LogP contribution in [0.25, 0.3) is 0 Å². The summed E-state index contributed by atoms with van der Waals surface area (Å²) >= 11 is 0. The van der Waals surface area contributed by atoms with Crippen LogP contribution in [0.1, 0.15) is 44.7 Å².